The van der Waals surface area contributed by atoms with Crippen LogP contribution in [0.1, 0.15) is 243 Å². The molecule has 11 unspecified atom stereocenters. The first-order chi connectivity index (χ1) is 48.0. The molecule has 18 heteroatoms. The number of hydrogen-bond acceptors (Lipinski definition) is 12. The Bertz CT molecular complexity index is 3370. The first-order valence-corrected chi connectivity index (χ1v) is 45.2. The topological polar surface area (TPSA) is 244 Å². The van der Waals surface area contributed by atoms with Crippen LogP contribution in [0.3, 0.4) is 0 Å². The van der Waals surface area contributed by atoms with Crippen LogP contribution in [0.15, 0.2) is 151 Å². The largest absolute Gasteiger partial charge is 0.416 e. The van der Waals surface area contributed by atoms with Crippen LogP contribution in [0.2, 0.25) is 36.3 Å². The van der Waals surface area contributed by atoms with Crippen LogP contribution in [0.4, 0.5) is 0 Å². The van der Waals surface area contributed by atoms with E-state index in [9.17, 15) is 18.6 Å². The quantitative estimate of drug-likeness (QED) is 0.0178. The van der Waals surface area contributed by atoms with Gasteiger partial charge in [0.1, 0.15) is 0 Å². The summed E-state index contributed by atoms with van der Waals surface area (Å²) in [4.78, 5) is 3.02. The summed E-state index contributed by atoms with van der Waals surface area (Å²) >= 11 is 0. The minimum Gasteiger partial charge on any atom is -0.416 e. The molecule has 593 valence electrons. The maximum Gasteiger partial charge on any atom is 0.264 e. The van der Waals surface area contributed by atoms with Gasteiger partial charge in [0, 0.05) is 92.9 Å². The number of benzene rings is 6. The SMILES string of the molecule is C.C.CC.CC.CC.CC.CC.CC.CC(C)(C)[Si](C)(C)OCC1c2ccccc2CC1N=[N+]=[N-].CC(C)(C)[Si](C)(C)OCC1c2ccccc2CC1OS(C)(=O)=O.CC1c2ccccc2CC1O.NC1Cc2ccccc2C1CO.NC1[CH-]c2ccccc2C1.OCC1c2ccccc2CC1O.[CH3-].[Y]. The van der Waals surface area contributed by atoms with Crippen molar-refractivity contribution in [2.75, 3.05) is 32.7 Å². The van der Waals surface area contributed by atoms with Crippen molar-refractivity contribution < 1.29 is 74.6 Å². The van der Waals surface area contributed by atoms with Gasteiger partial charge in [-0.05, 0) is 129 Å². The van der Waals surface area contributed by atoms with E-state index in [0.29, 0.717) is 32.0 Å². The van der Waals surface area contributed by atoms with Crippen molar-refractivity contribution in [1.82, 2.24) is 0 Å². The van der Waals surface area contributed by atoms with Gasteiger partial charge in [0.05, 0.1) is 43.8 Å². The summed E-state index contributed by atoms with van der Waals surface area (Å²) in [5.74, 6) is 0.565. The summed E-state index contributed by atoms with van der Waals surface area (Å²) in [6.45, 7) is 49.7. The van der Waals surface area contributed by atoms with E-state index in [4.69, 9.17) is 40.2 Å². The molecule has 6 aliphatic rings. The molecule has 105 heavy (non-hydrogen) atoms. The number of rotatable bonds is 11. The molecule has 0 heterocycles. The van der Waals surface area contributed by atoms with Crippen molar-refractivity contribution in [3.8, 4) is 0 Å². The van der Waals surface area contributed by atoms with E-state index < -0.39 is 32.9 Å². The molecule has 12 rings (SSSR count). The van der Waals surface area contributed by atoms with Crippen LogP contribution < -0.4 is 11.5 Å². The number of aliphatic hydroxyl groups excluding tert-OH is 4. The van der Waals surface area contributed by atoms with Gasteiger partial charge in [0.2, 0.25) is 0 Å². The van der Waals surface area contributed by atoms with Gasteiger partial charge in [-0.2, -0.15) is 26.5 Å². The van der Waals surface area contributed by atoms with Gasteiger partial charge in [-0.3, -0.25) is 4.18 Å². The Labute approximate surface area is 669 Å². The molecule has 11 atom stereocenters. The van der Waals surface area contributed by atoms with Gasteiger partial charge < -0.3 is 48.2 Å². The molecule has 0 fully saturated rings. The Morgan fingerprint density at radius 1 is 0.505 bits per heavy atom. The molecule has 14 nitrogen and oxygen atoms in total. The molecule has 6 aliphatic carbocycles. The third kappa shape index (κ3) is 32.2. The molecule has 8 N–H and O–H groups in total. The second-order valence-electron chi connectivity index (χ2n) is 27.9. The fourth-order valence-corrected chi connectivity index (χ4v) is 15.0. The van der Waals surface area contributed by atoms with Crippen LogP contribution >= 0.6 is 0 Å². The molecule has 0 saturated carbocycles. The van der Waals surface area contributed by atoms with E-state index >= 15 is 0 Å². The molecule has 6 aromatic rings. The number of azide groups is 1. The van der Waals surface area contributed by atoms with Gasteiger partial charge in [0.25, 0.3) is 10.1 Å². The van der Waals surface area contributed by atoms with Gasteiger partial charge in [-0.15, -0.1) is 17.7 Å². The number of fused-ring (bicyclic) bond motifs is 6. The minimum absolute atomic E-state index is 0. The van der Waals surface area contributed by atoms with Crippen LogP contribution in [0.25, 0.3) is 10.4 Å². The first kappa shape index (κ1) is 107. The maximum absolute atomic E-state index is 11.6. The fourth-order valence-electron chi connectivity index (χ4n) is 12.3. The molecule has 1 radical (unpaired) electrons. The zero-order valence-corrected chi connectivity index (χ0v) is 73.8. The summed E-state index contributed by atoms with van der Waals surface area (Å²) < 4.78 is 41.2. The van der Waals surface area contributed by atoms with Gasteiger partial charge in [-0.25, -0.2) is 0 Å². The Morgan fingerprint density at radius 2 is 0.838 bits per heavy atom. The van der Waals surface area contributed by atoms with Gasteiger partial charge in [0.15, 0.2) is 16.6 Å². The smallest absolute Gasteiger partial charge is 0.264 e. The van der Waals surface area contributed by atoms with Crippen molar-refractivity contribution in [1.29, 1.82) is 0 Å². The van der Waals surface area contributed by atoms with Crippen molar-refractivity contribution in [3.63, 3.8) is 0 Å². The van der Waals surface area contributed by atoms with E-state index in [2.05, 4.69) is 158 Å². The third-order valence-electron chi connectivity index (χ3n) is 19.7. The van der Waals surface area contributed by atoms with E-state index in [-0.39, 0.29) is 132 Å². The molecule has 0 aliphatic heterocycles. The van der Waals surface area contributed by atoms with Crippen LogP contribution in [0, 0.1) is 13.8 Å². The zero-order valence-electron chi connectivity index (χ0n) is 68.2. The molecule has 0 amide bonds. The summed E-state index contributed by atoms with van der Waals surface area (Å²) in [6.07, 6.45) is 7.18. The molecule has 6 aromatic carbocycles. The predicted octanol–water partition coefficient (Wildman–Crippen LogP) is 20.8. The molecule has 0 bridgehead atoms. The molecule has 0 spiro atoms. The second-order valence-corrected chi connectivity index (χ2v) is 39.1. The Hall–Kier alpha value is -4.37. The van der Waals surface area contributed by atoms with Crippen molar-refractivity contribution in [2.24, 2.45) is 16.6 Å². The van der Waals surface area contributed by atoms with Crippen LogP contribution in [0.5, 0.6) is 0 Å². The number of aliphatic hydroxyl groups is 4. The van der Waals surface area contributed by atoms with Gasteiger partial charge in [-0.1, -0.05) is 285 Å². The van der Waals surface area contributed by atoms with Crippen LogP contribution in [-0.4, -0.2) is 115 Å². The molecular weight excluding hydrogens is 1440 g/mol. The number of nitrogens with two attached hydrogens (primary N) is 2. The maximum atomic E-state index is 11.6. The third-order valence-corrected chi connectivity index (χ3v) is 29.3. The monoisotopic (exact) mass is 1580 g/mol. The summed E-state index contributed by atoms with van der Waals surface area (Å²) in [6, 6.07) is 49.5. The standard InChI is InChI=1S/C17H28O4SSi.C16H25N3OSi.C10H13NO.C10H12O2.C10H12O.C9H10N.6C2H6.2CH4.CH3.Y/c1-17(2,3)23(5,6)20-12-15-14-10-8-7-9-13(14)11-16(15)21-22(4,18)19;1-16(2,3)21(4,5)20-11-14-13-9-7-6-8-12(13)10-15(14)18-19-17;11-10-5-7-3-1-2-4-8(7)9(10)6-12;11-6-9-8-4-2-1-3-7(8)5-10(9)12;1-7-9-5-3-2-4-8(9)6-10(7)11;10-9-5-7-3-1-2-4-8(7)6-9;6*1-2;;;;/h7-10,15-16H,11-12H2,1-6H3;6-9,14-15H,10-11H2,1-5H3;1-4,9-10,12H,5-6,11H2;1-4,9-12H,5-6H2;2-5,7,10-11H,6H2,1H3;1-5,9H,6,10H2;6*1-2H3;2*1H4;1H3;/q;;;;;-1;;;;;;;;;-1;. The Kier molecular flexibility index (Phi) is 54.5. The molecule has 0 aromatic heterocycles. The van der Waals surface area contributed by atoms with Crippen molar-refractivity contribution in [2.45, 2.75) is 287 Å². The zero-order chi connectivity index (χ0) is 77.1. The summed E-state index contributed by atoms with van der Waals surface area (Å²) in [7, 11) is -7.15. The summed E-state index contributed by atoms with van der Waals surface area (Å²) in [5.41, 5.74) is 35.4. The molecular formula is C87H147N5O9SSi2Y-2. The van der Waals surface area contributed by atoms with E-state index in [0.717, 1.165) is 48.6 Å². The van der Waals surface area contributed by atoms with E-state index in [1.807, 2.05) is 162 Å². The fraction of sp³-hybridized carbons (Fsp3) is 0.563. The van der Waals surface area contributed by atoms with Gasteiger partial charge >= 0.3 is 0 Å². The Morgan fingerprint density at radius 3 is 1.24 bits per heavy atom. The van der Waals surface area contributed by atoms with Crippen molar-refractivity contribution >= 4 is 26.8 Å². The average molecular weight is 1580 g/mol. The Balaban J connectivity index is -0.000000574. The second kappa shape index (κ2) is 53.5. The summed E-state index contributed by atoms with van der Waals surface area (Å²) in [5, 5.41) is 41.5. The van der Waals surface area contributed by atoms with Crippen molar-refractivity contribution in [3.05, 3.63) is 237 Å². The molecule has 0 saturated heterocycles. The number of nitrogens with zero attached hydrogens (tertiary/aromatic N) is 3. The predicted molar refractivity (Wildman–Crippen MR) is 453 cm³/mol. The van der Waals surface area contributed by atoms with E-state index in [1.54, 1.807) is 0 Å². The first-order valence-electron chi connectivity index (χ1n) is 37.6. The minimum atomic E-state index is -3.48. The average Bonchev–Trinajstić information content (AvgIpc) is 1.67. The van der Waals surface area contributed by atoms with E-state index in [1.165, 1.54) is 50.1 Å². The number of hydrogen-bond donors (Lipinski definition) is 6. The van der Waals surface area contributed by atoms with Crippen LogP contribution in [-0.2, 0) is 94.4 Å². The normalized spacial score (nSPS) is 20.8.